The second kappa shape index (κ2) is 5.19. The molecule has 0 saturated heterocycles. The van der Waals surface area contributed by atoms with Gasteiger partial charge < -0.3 is 4.98 Å². The molecule has 2 heterocycles. The Morgan fingerprint density at radius 3 is 2.73 bits per heavy atom. The van der Waals surface area contributed by atoms with Crippen LogP contribution in [0.2, 0.25) is 0 Å². The molecule has 0 spiro atoms. The van der Waals surface area contributed by atoms with E-state index in [-0.39, 0.29) is 10.5 Å². The molecule has 0 amide bonds. The van der Waals surface area contributed by atoms with Crippen molar-refractivity contribution in [2.24, 2.45) is 0 Å². The molecule has 0 atom stereocenters. The molecular weight excluding hydrogens is 305 g/mol. The van der Waals surface area contributed by atoms with Crippen LogP contribution >= 0.6 is 0 Å². The normalized spacial score (nSPS) is 12.2. The van der Waals surface area contributed by atoms with Crippen LogP contribution in [0, 0.1) is 5.82 Å². The van der Waals surface area contributed by atoms with Crippen LogP contribution in [0.5, 0.6) is 0 Å². The van der Waals surface area contributed by atoms with E-state index in [9.17, 15) is 12.8 Å². The standard InChI is InChI=1S/C15H14FN3O2S/c1-19(2)22(20,21)11-5-3-4-10(8-11)13-9-18-15-12(14(13)16)6-7-17-15/h3-9H,1-2H3,(H,17,18). The molecule has 7 heteroatoms. The number of nitrogens with one attached hydrogen (secondary N) is 1. The van der Waals surface area contributed by atoms with Crippen molar-refractivity contribution in [2.75, 3.05) is 14.1 Å². The fourth-order valence-electron chi connectivity index (χ4n) is 2.21. The van der Waals surface area contributed by atoms with Gasteiger partial charge in [0.15, 0.2) is 0 Å². The van der Waals surface area contributed by atoms with Crippen LogP contribution in [0.4, 0.5) is 4.39 Å². The van der Waals surface area contributed by atoms with E-state index in [0.29, 0.717) is 16.6 Å². The number of fused-ring (bicyclic) bond motifs is 1. The highest BCUT2D eigenvalue weighted by molar-refractivity contribution is 7.89. The minimum Gasteiger partial charge on any atom is -0.346 e. The van der Waals surface area contributed by atoms with E-state index in [1.54, 1.807) is 24.4 Å². The van der Waals surface area contributed by atoms with Crippen LogP contribution in [-0.4, -0.2) is 36.8 Å². The van der Waals surface area contributed by atoms with Gasteiger partial charge in [0, 0.05) is 32.1 Å². The third kappa shape index (κ3) is 2.28. The number of nitrogens with zero attached hydrogens (tertiary/aromatic N) is 2. The zero-order valence-corrected chi connectivity index (χ0v) is 12.9. The number of benzene rings is 1. The van der Waals surface area contributed by atoms with Crippen LogP contribution in [0.15, 0.2) is 47.6 Å². The molecule has 0 saturated carbocycles. The van der Waals surface area contributed by atoms with Crippen molar-refractivity contribution in [3.63, 3.8) is 0 Å². The average molecular weight is 319 g/mol. The van der Waals surface area contributed by atoms with Crippen molar-refractivity contribution in [1.29, 1.82) is 0 Å². The Kier molecular flexibility index (Phi) is 3.46. The fraction of sp³-hybridized carbons (Fsp3) is 0.133. The second-order valence-electron chi connectivity index (χ2n) is 5.04. The Balaban J connectivity index is 2.18. The van der Waals surface area contributed by atoms with Crippen molar-refractivity contribution in [3.8, 4) is 11.1 Å². The first-order valence-electron chi connectivity index (χ1n) is 6.56. The summed E-state index contributed by atoms with van der Waals surface area (Å²) >= 11 is 0. The van der Waals surface area contributed by atoms with E-state index >= 15 is 0 Å². The minimum atomic E-state index is -3.57. The Morgan fingerprint density at radius 1 is 1.23 bits per heavy atom. The summed E-state index contributed by atoms with van der Waals surface area (Å²) in [5.74, 6) is -0.425. The molecule has 3 aromatic rings. The van der Waals surface area contributed by atoms with E-state index in [1.165, 1.54) is 32.4 Å². The number of rotatable bonds is 3. The number of sulfonamides is 1. The average Bonchev–Trinajstić information content (AvgIpc) is 2.97. The van der Waals surface area contributed by atoms with Gasteiger partial charge in [-0.25, -0.2) is 22.1 Å². The summed E-state index contributed by atoms with van der Waals surface area (Å²) in [5, 5.41) is 0.373. The number of H-pyrrole nitrogens is 1. The van der Waals surface area contributed by atoms with Crippen molar-refractivity contribution < 1.29 is 12.8 Å². The number of hydrogen-bond acceptors (Lipinski definition) is 3. The van der Waals surface area contributed by atoms with Gasteiger partial charge in [-0.2, -0.15) is 0 Å². The van der Waals surface area contributed by atoms with Crippen molar-refractivity contribution in [3.05, 3.63) is 48.5 Å². The molecule has 22 heavy (non-hydrogen) atoms. The molecule has 0 radical (unpaired) electrons. The van der Waals surface area contributed by atoms with Crippen LogP contribution in [0.25, 0.3) is 22.2 Å². The first-order chi connectivity index (χ1) is 10.4. The van der Waals surface area contributed by atoms with E-state index in [2.05, 4.69) is 9.97 Å². The Hall–Kier alpha value is -2.25. The molecule has 2 aromatic heterocycles. The molecule has 0 unspecified atom stereocenters. The second-order valence-corrected chi connectivity index (χ2v) is 7.19. The predicted molar refractivity (Wildman–Crippen MR) is 82.4 cm³/mol. The smallest absolute Gasteiger partial charge is 0.242 e. The molecule has 5 nitrogen and oxygen atoms in total. The molecule has 1 N–H and O–H groups in total. The lowest BCUT2D eigenvalue weighted by molar-refractivity contribution is 0.521. The van der Waals surface area contributed by atoms with Crippen LogP contribution in [0.1, 0.15) is 0 Å². The lowest BCUT2D eigenvalue weighted by Crippen LogP contribution is -2.22. The van der Waals surface area contributed by atoms with Crippen molar-refractivity contribution in [1.82, 2.24) is 14.3 Å². The molecular formula is C15H14FN3O2S. The third-order valence-electron chi connectivity index (χ3n) is 3.44. The summed E-state index contributed by atoms with van der Waals surface area (Å²) in [6.45, 7) is 0. The number of hydrogen-bond donors (Lipinski definition) is 1. The lowest BCUT2D eigenvalue weighted by Gasteiger charge is -2.12. The largest absolute Gasteiger partial charge is 0.346 e. The summed E-state index contributed by atoms with van der Waals surface area (Å²) in [7, 11) is -0.659. The van der Waals surface area contributed by atoms with Gasteiger partial charge in [0.25, 0.3) is 0 Å². The van der Waals surface area contributed by atoms with E-state index in [1.807, 2.05) is 0 Å². The maximum Gasteiger partial charge on any atom is 0.242 e. The molecule has 0 aliphatic carbocycles. The van der Waals surface area contributed by atoms with E-state index < -0.39 is 15.8 Å². The minimum absolute atomic E-state index is 0.114. The van der Waals surface area contributed by atoms with E-state index in [4.69, 9.17) is 0 Å². The summed E-state index contributed by atoms with van der Waals surface area (Å²) in [5.41, 5.74) is 1.19. The molecule has 0 aliphatic heterocycles. The predicted octanol–water partition coefficient (Wildman–Crippen LogP) is 2.62. The topological polar surface area (TPSA) is 66.1 Å². The highest BCUT2D eigenvalue weighted by Gasteiger charge is 2.19. The first-order valence-corrected chi connectivity index (χ1v) is 8.00. The van der Waals surface area contributed by atoms with Gasteiger partial charge in [-0.1, -0.05) is 12.1 Å². The Bertz CT molecular complexity index is 948. The lowest BCUT2D eigenvalue weighted by atomic mass is 10.1. The van der Waals surface area contributed by atoms with Gasteiger partial charge in [-0.3, -0.25) is 0 Å². The van der Waals surface area contributed by atoms with Gasteiger partial charge in [0.1, 0.15) is 11.5 Å². The highest BCUT2D eigenvalue weighted by atomic mass is 32.2. The number of pyridine rings is 1. The van der Waals surface area contributed by atoms with Crippen LogP contribution < -0.4 is 0 Å². The number of halogens is 1. The van der Waals surface area contributed by atoms with Crippen LogP contribution in [0.3, 0.4) is 0 Å². The zero-order chi connectivity index (χ0) is 15.9. The monoisotopic (exact) mass is 319 g/mol. The highest BCUT2D eigenvalue weighted by Crippen LogP contribution is 2.28. The third-order valence-corrected chi connectivity index (χ3v) is 5.26. The SMILES string of the molecule is CN(C)S(=O)(=O)c1cccc(-c2cnc3[nH]ccc3c2F)c1. The number of aromatic amines is 1. The van der Waals surface area contributed by atoms with Gasteiger partial charge in [-0.05, 0) is 23.8 Å². The van der Waals surface area contributed by atoms with Crippen molar-refractivity contribution in [2.45, 2.75) is 4.90 Å². The summed E-state index contributed by atoms with van der Waals surface area (Å²) in [6.07, 6.45) is 3.01. The van der Waals surface area contributed by atoms with Gasteiger partial charge in [0.05, 0.1) is 10.3 Å². The van der Waals surface area contributed by atoms with Gasteiger partial charge in [-0.15, -0.1) is 0 Å². The summed E-state index contributed by atoms with van der Waals surface area (Å²) < 4.78 is 40.0. The fourth-order valence-corrected chi connectivity index (χ4v) is 3.16. The number of aromatic nitrogens is 2. The molecule has 3 rings (SSSR count). The molecule has 1 aromatic carbocycles. The molecule has 114 valence electrons. The quantitative estimate of drug-likeness (QED) is 0.807. The molecule has 0 fully saturated rings. The van der Waals surface area contributed by atoms with Gasteiger partial charge in [0.2, 0.25) is 10.0 Å². The Labute approximate surface area is 127 Å². The maximum atomic E-state index is 14.6. The molecule has 0 aliphatic rings. The maximum absolute atomic E-state index is 14.6. The van der Waals surface area contributed by atoms with Crippen LogP contribution in [-0.2, 0) is 10.0 Å². The van der Waals surface area contributed by atoms with Gasteiger partial charge >= 0.3 is 0 Å². The molecule has 0 bridgehead atoms. The zero-order valence-electron chi connectivity index (χ0n) is 12.0. The van der Waals surface area contributed by atoms with Crippen molar-refractivity contribution >= 4 is 21.1 Å². The first kappa shape index (κ1) is 14.7. The Morgan fingerprint density at radius 2 is 2.00 bits per heavy atom. The summed E-state index contributed by atoms with van der Waals surface area (Å²) in [6, 6.07) is 7.79. The van der Waals surface area contributed by atoms with E-state index in [0.717, 1.165) is 4.31 Å². The summed E-state index contributed by atoms with van der Waals surface area (Å²) in [4.78, 5) is 7.10.